The molecule has 4 heteroatoms. The van der Waals surface area contributed by atoms with E-state index in [1.54, 1.807) is 18.1 Å². The second-order valence-electron chi connectivity index (χ2n) is 6.99. The van der Waals surface area contributed by atoms with Crippen molar-refractivity contribution in [3.05, 3.63) is 42.5 Å². The molecular formula is C20H31NO3. The Bertz CT molecular complexity index is 534. The Balaban J connectivity index is 3.13. The molecule has 1 amide bonds. The van der Waals surface area contributed by atoms with Gasteiger partial charge < -0.3 is 9.47 Å². The largest absolute Gasteiger partial charge is 0.382 e. The average molecular weight is 333 g/mol. The maximum atomic E-state index is 12.9. The highest BCUT2D eigenvalue weighted by Gasteiger charge is 2.26. The number of ether oxygens (including phenoxy) is 2. The summed E-state index contributed by atoms with van der Waals surface area (Å²) in [7, 11) is 1.63. The third-order valence-corrected chi connectivity index (χ3v) is 3.86. The third kappa shape index (κ3) is 5.77. The molecule has 0 aliphatic rings. The summed E-state index contributed by atoms with van der Waals surface area (Å²) in [6, 6.07) is 8.02. The van der Waals surface area contributed by atoms with Crippen LogP contribution in [0.25, 0.3) is 0 Å². The number of rotatable bonds is 9. The number of hydrogen-bond donors (Lipinski definition) is 0. The first-order chi connectivity index (χ1) is 11.3. The van der Waals surface area contributed by atoms with E-state index in [0.29, 0.717) is 19.6 Å². The molecule has 0 unspecified atom stereocenters. The fourth-order valence-corrected chi connectivity index (χ4v) is 2.51. The second kappa shape index (κ2) is 9.60. The van der Waals surface area contributed by atoms with Gasteiger partial charge in [0.1, 0.15) is 6.73 Å². The molecule has 0 bridgehead atoms. The number of anilines is 1. The van der Waals surface area contributed by atoms with Gasteiger partial charge in [-0.1, -0.05) is 52.0 Å². The number of benzene rings is 1. The van der Waals surface area contributed by atoms with Crippen molar-refractivity contribution >= 4 is 11.6 Å². The summed E-state index contributed by atoms with van der Waals surface area (Å²) in [6.45, 7) is 13.3. The van der Waals surface area contributed by atoms with Gasteiger partial charge in [-0.3, -0.25) is 9.69 Å². The van der Waals surface area contributed by atoms with Crippen molar-refractivity contribution in [2.24, 2.45) is 5.92 Å². The smallest absolute Gasteiger partial charge is 0.232 e. The van der Waals surface area contributed by atoms with Crippen LogP contribution >= 0.6 is 0 Å². The Morgan fingerprint density at radius 2 is 1.96 bits per heavy atom. The molecule has 134 valence electrons. The van der Waals surface area contributed by atoms with Gasteiger partial charge in [-0.25, -0.2) is 0 Å². The Labute approximate surface area is 146 Å². The van der Waals surface area contributed by atoms with Crippen LogP contribution < -0.4 is 4.90 Å². The lowest BCUT2D eigenvalue weighted by Gasteiger charge is -2.31. The molecule has 1 atom stereocenters. The lowest BCUT2D eigenvalue weighted by Crippen LogP contribution is -2.38. The van der Waals surface area contributed by atoms with Gasteiger partial charge in [0.15, 0.2) is 0 Å². The van der Waals surface area contributed by atoms with Crippen molar-refractivity contribution in [1.29, 1.82) is 0 Å². The van der Waals surface area contributed by atoms with Gasteiger partial charge in [-0.2, -0.15) is 0 Å². The highest BCUT2D eigenvalue weighted by Crippen LogP contribution is 2.32. The van der Waals surface area contributed by atoms with Gasteiger partial charge in [-0.05, 0) is 23.5 Å². The van der Waals surface area contributed by atoms with Crippen molar-refractivity contribution in [3.8, 4) is 0 Å². The Hall–Kier alpha value is -1.65. The van der Waals surface area contributed by atoms with E-state index >= 15 is 0 Å². The van der Waals surface area contributed by atoms with Crippen molar-refractivity contribution in [2.75, 3.05) is 32.0 Å². The lowest BCUT2D eigenvalue weighted by molar-refractivity contribution is -0.123. The molecule has 0 heterocycles. The molecule has 1 aromatic rings. The van der Waals surface area contributed by atoms with Gasteiger partial charge in [0.2, 0.25) is 5.91 Å². The molecule has 4 nitrogen and oxygen atoms in total. The standard InChI is InChI=1S/C20H31NO3/c1-7-10-16(2)19(22)21(15-24-14-13-23-6)18-12-9-8-11-17(18)20(3,4)5/h7-9,11-12,16H,1,10,13-15H2,2-6H3/t16-/m0/s1. The summed E-state index contributed by atoms with van der Waals surface area (Å²) in [5.41, 5.74) is 1.96. The van der Waals surface area contributed by atoms with Crippen LogP contribution in [0.3, 0.4) is 0 Å². The fraction of sp³-hybridized carbons (Fsp3) is 0.550. The Morgan fingerprint density at radius 3 is 2.54 bits per heavy atom. The first-order valence-electron chi connectivity index (χ1n) is 8.41. The maximum Gasteiger partial charge on any atom is 0.232 e. The predicted octanol–water partition coefficient (Wildman–Crippen LogP) is 4.15. The molecular weight excluding hydrogens is 302 g/mol. The topological polar surface area (TPSA) is 38.8 Å². The van der Waals surface area contributed by atoms with Gasteiger partial charge in [0.05, 0.1) is 13.2 Å². The zero-order valence-corrected chi connectivity index (χ0v) is 15.7. The molecule has 0 radical (unpaired) electrons. The Morgan fingerprint density at radius 1 is 1.29 bits per heavy atom. The molecule has 0 N–H and O–H groups in total. The normalized spacial score (nSPS) is 12.7. The van der Waals surface area contributed by atoms with Crippen LogP contribution in [0.2, 0.25) is 0 Å². The van der Waals surface area contributed by atoms with Gasteiger partial charge in [0.25, 0.3) is 0 Å². The molecule has 0 spiro atoms. The molecule has 1 aromatic carbocycles. The third-order valence-electron chi connectivity index (χ3n) is 3.86. The minimum absolute atomic E-state index is 0.0454. The quantitative estimate of drug-likeness (QED) is 0.387. The summed E-state index contributed by atoms with van der Waals surface area (Å²) in [5, 5.41) is 0. The van der Waals surface area contributed by atoms with Crippen molar-refractivity contribution in [3.63, 3.8) is 0 Å². The molecule has 0 aliphatic carbocycles. The number of amides is 1. The van der Waals surface area contributed by atoms with Gasteiger partial charge in [0, 0.05) is 18.7 Å². The average Bonchev–Trinajstić information content (AvgIpc) is 2.54. The van der Waals surface area contributed by atoms with Crippen LogP contribution in [0.4, 0.5) is 5.69 Å². The first-order valence-corrected chi connectivity index (χ1v) is 8.41. The zero-order chi connectivity index (χ0) is 18.2. The number of allylic oxidation sites excluding steroid dienone is 1. The highest BCUT2D eigenvalue weighted by atomic mass is 16.5. The molecule has 0 aromatic heterocycles. The predicted molar refractivity (Wildman–Crippen MR) is 99.3 cm³/mol. The number of methoxy groups -OCH3 is 1. The maximum absolute atomic E-state index is 12.9. The van der Waals surface area contributed by atoms with Gasteiger partial charge >= 0.3 is 0 Å². The highest BCUT2D eigenvalue weighted by molar-refractivity contribution is 5.95. The first kappa shape index (κ1) is 20.4. The van der Waals surface area contributed by atoms with Crippen LogP contribution in [-0.2, 0) is 19.7 Å². The van der Waals surface area contributed by atoms with Crippen LogP contribution in [0, 0.1) is 5.92 Å². The van der Waals surface area contributed by atoms with E-state index < -0.39 is 0 Å². The minimum atomic E-state index is -0.137. The van der Waals surface area contributed by atoms with Crippen LogP contribution in [0.5, 0.6) is 0 Å². The summed E-state index contributed by atoms with van der Waals surface area (Å²) in [6.07, 6.45) is 2.42. The van der Waals surface area contributed by atoms with Crippen LogP contribution in [0.15, 0.2) is 36.9 Å². The number of carbonyl (C=O) groups is 1. The Kier molecular flexibility index (Phi) is 8.16. The SMILES string of the molecule is C=CC[C@H](C)C(=O)N(COCCOC)c1ccccc1C(C)(C)C. The second-order valence-corrected chi connectivity index (χ2v) is 6.99. The molecule has 0 aliphatic heterocycles. The van der Waals surface area contributed by atoms with Crippen molar-refractivity contribution in [1.82, 2.24) is 0 Å². The summed E-state index contributed by atoms with van der Waals surface area (Å²) in [4.78, 5) is 14.7. The van der Waals surface area contributed by atoms with Gasteiger partial charge in [-0.15, -0.1) is 6.58 Å². The van der Waals surface area contributed by atoms with E-state index in [-0.39, 0.29) is 24.0 Å². The summed E-state index contributed by atoms with van der Waals surface area (Å²) in [5.74, 6) is -0.0921. The molecule has 1 rings (SSSR count). The molecule has 24 heavy (non-hydrogen) atoms. The van der Waals surface area contributed by atoms with E-state index in [2.05, 4.69) is 33.4 Å². The van der Waals surface area contributed by atoms with Crippen molar-refractivity contribution < 1.29 is 14.3 Å². The monoisotopic (exact) mass is 333 g/mol. The number of carbonyl (C=O) groups excluding carboxylic acids is 1. The van der Waals surface area contributed by atoms with E-state index in [4.69, 9.17) is 9.47 Å². The van der Waals surface area contributed by atoms with E-state index in [0.717, 1.165) is 11.3 Å². The fourth-order valence-electron chi connectivity index (χ4n) is 2.51. The van der Waals surface area contributed by atoms with E-state index in [1.165, 1.54) is 0 Å². The van der Waals surface area contributed by atoms with Crippen molar-refractivity contribution in [2.45, 2.75) is 39.5 Å². The zero-order valence-electron chi connectivity index (χ0n) is 15.7. The molecule has 0 saturated heterocycles. The molecule has 0 fully saturated rings. The number of hydrogen-bond acceptors (Lipinski definition) is 3. The van der Waals surface area contributed by atoms with E-state index in [1.807, 2.05) is 25.1 Å². The number of nitrogens with zero attached hydrogens (tertiary/aromatic N) is 1. The van der Waals surface area contributed by atoms with Crippen LogP contribution in [0.1, 0.15) is 39.7 Å². The minimum Gasteiger partial charge on any atom is -0.382 e. The number of para-hydroxylation sites is 1. The van der Waals surface area contributed by atoms with E-state index in [9.17, 15) is 4.79 Å². The lowest BCUT2D eigenvalue weighted by atomic mass is 9.85. The van der Waals surface area contributed by atoms with Crippen LogP contribution in [-0.4, -0.2) is 33.0 Å². The summed E-state index contributed by atoms with van der Waals surface area (Å²) < 4.78 is 10.7. The molecule has 0 saturated carbocycles. The summed E-state index contributed by atoms with van der Waals surface area (Å²) >= 11 is 0.